The second-order valence-electron chi connectivity index (χ2n) is 4.62. The van der Waals surface area contributed by atoms with Gasteiger partial charge in [-0.1, -0.05) is 24.3 Å². The van der Waals surface area contributed by atoms with E-state index in [0.29, 0.717) is 17.2 Å². The van der Waals surface area contributed by atoms with Crippen molar-refractivity contribution < 1.29 is 9.50 Å². The standard InChI is InChI=1S/C15H13FN4O/c16-11-6-4-9(5-7-11)13(17)15-18-14(19-20-15)10-2-1-3-12(21)8-10/h1-8,13,21H,17H2,(H,18,19,20)/t13-/m0/s1. The monoisotopic (exact) mass is 284 g/mol. The molecule has 0 radical (unpaired) electrons. The molecule has 6 heteroatoms. The van der Waals surface area contributed by atoms with Gasteiger partial charge in [0.05, 0.1) is 6.04 Å². The van der Waals surface area contributed by atoms with E-state index >= 15 is 0 Å². The molecule has 0 unspecified atom stereocenters. The van der Waals surface area contributed by atoms with Gasteiger partial charge < -0.3 is 10.8 Å². The average molecular weight is 284 g/mol. The highest BCUT2D eigenvalue weighted by Crippen LogP contribution is 2.22. The Kier molecular flexibility index (Phi) is 3.37. The molecule has 5 nitrogen and oxygen atoms in total. The van der Waals surface area contributed by atoms with Crippen molar-refractivity contribution in [2.24, 2.45) is 5.73 Å². The summed E-state index contributed by atoms with van der Waals surface area (Å²) in [5.41, 5.74) is 7.50. The van der Waals surface area contributed by atoms with Crippen LogP contribution in [0.4, 0.5) is 4.39 Å². The van der Waals surface area contributed by atoms with Crippen LogP contribution in [0.3, 0.4) is 0 Å². The molecule has 0 aliphatic rings. The molecule has 1 aromatic heterocycles. The lowest BCUT2D eigenvalue weighted by molar-refractivity contribution is 0.475. The van der Waals surface area contributed by atoms with E-state index < -0.39 is 6.04 Å². The number of phenolic OH excluding ortho intramolecular Hbond substituents is 1. The maximum absolute atomic E-state index is 12.9. The molecule has 3 rings (SSSR count). The van der Waals surface area contributed by atoms with E-state index in [1.54, 1.807) is 36.4 Å². The van der Waals surface area contributed by atoms with Gasteiger partial charge in [0.25, 0.3) is 0 Å². The highest BCUT2D eigenvalue weighted by atomic mass is 19.1. The van der Waals surface area contributed by atoms with Crippen LogP contribution in [0.2, 0.25) is 0 Å². The number of nitrogens with one attached hydrogen (secondary N) is 1. The van der Waals surface area contributed by atoms with Crippen molar-refractivity contribution in [3.05, 3.63) is 65.7 Å². The van der Waals surface area contributed by atoms with Crippen molar-refractivity contribution >= 4 is 0 Å². The number of nitrogens with two attached hydrogens (primary N) is 1. The first-order valence-corrected chi connectivity index (χ1v) is 6.36. The molecule has 0 amide bonds. The number of nitrogens with zero attached hydrogens (tertiary/aromatic N) is 2. The fourth-order valence-corrected chi connectivity index (χ4v) is 2.02. The number of aromatic amines is 1. The van der Waals surface area contributed by atoms with E-state index in [9.17, 15) is 9.50 Å². The van der Waals surface area contributed by atoms with Crippen LogP contribution in [0.5, 0.6) is 5.75 Å². The lowest BCUT2D eigenvalue weighted by Gasteiger charge is -2.07. The van der Waals surface area contributed by atoms with Crippen LogP contribution in [0.15, 0.2) is 48.5 Å². The normalized spacial score (nSPS) is 12.3. The second kappa shape index (κ2) is 5.34. The zero-order valence-corrected chi connectivity index (χ0v) is 11.0. The molecule has 1 heterocycles. The van der Waals surface area contributed by atoms with Gasteiger partial charge in [0.15, 0.2) is 5.82 Å². The predicted molar refractivity (Wildman–Crippen MR) is 75.9 cm³/mol. The average Bonchev–Trinajstić information content (AvgIpc) is 2.97. The number of H-pyrrole nitrogens is 1. The van der Waals surface area contributed by atoms with Crippen LogP contribution in [0, 0.1) is 5.82 Å². The molecule has 0 fully saturated rings. The summed E-state index contributed by atoms with van der Waals surface area (Å²) in [7, 11) is 0. The minimum absolute atomic E-state index is 0.140. The molecule has 0 aliphatic heterocycles. The van der Waals surface area contributed by atoms with Crippen LogP contribution in [0.25, 0.3) is 11.4 Å². The summed E-state index contributed by atoms with van der Waals surface area (Å²) in [5.74, 6) is 0.740. The molecule has 0 aliphatic carbocycles. The zero-order valence-electron chi connectivity index (χ0n) is 11.0. The first-order chi connectivity index (χ1) is 10.1. The molecule has 106 valence electrons. The predicted octanol–water partition coefficient (Wildman–Crippen LogP) is 2.36. The van der Waals surface area contributed by atoms with Crippen molar-refractivity contribution in [2.45, 2.75) is 6.04 Å². The Balaban J connectivity index is 1.89. The number of halogens is 1. The third-order valence-electron chi connectivity index (χ3n) is 3.13. The number of aromatic nitrogens is 3. The molecule has 3 aromatic rings. The van der Waals surface area contributed by atoms with Gasteiger partial charge in [-0.15, -0.1) is 0 Å². The van der Waals surface area contributed by atoms with Crippen LogP contribution >= 0.6 is 0 Å². The first-order valence-electron chi connectivity index (χ1n) is 6.36. The third kappa shape index (κ3) is 2.75. The minimum atomic E-state index is -0.524. The number of rotatable bonds is 3. The van der Waals surface area contributed by atoms with E-state index in [1.807, 2.05) is 0 Å². The van der Waals surface area contributed by atoms with E-state index in [4.69, 9.17) is 5.73 Å². The van der Waals surface area contributed by atoms with Crippen molar-refractivity contribution in [1.29, 1.82) is 0 Å². The van der Waals surface area contributed by atoms with Gasteiger partial charge in [-0.2, -0.15) is 5.10 Å². The maximum atomic E-state index is 12.9. The van der Waals surface area contributed by atoms with Crippen molar-refractivity contribution in [3.63, 3.8) is 0 Å². The van der Waals surface area contributed by atoms with Gasteiger partial charge in [0.2, 0.25) is 0 Å². The molecule has 0 bridgehead atoms. The zero-order chi connectivity index (χ0) is 14.8. The molecule has 1 atom stereocenters. The van der Waals surface area contributed by atoms with Crippen LogP contribution < -0.4 is 5.73 Å². The van der Waals surface area contributed by atoms with E-state index in [-0.39, 0.29) is 11.6 Å². The van der Waals surface area contributed by atoms with Gasteiger partial charge >= 0.3 is 0 Å². The molecule has 21 heavy (non-hydrogen) atoms. The first kappa shape index (κ1) is 13.3. The molecule has 0 saturated carbocycles. The molecule has 0 saturated heterocycles. The summed E-state index contributed by atoms with van der Waals surface area (Å²) >= 11 is 0. The highest BCUT2D eigenvalue weighted by molar-refractivity contribution is 5.57. The molecule has 4 N–H and O–H groups in total. The number of hydrogen-bond acceptors (Lipinski definition) is 4. The fraction of sp³-hybridized carbons (Fsp3) is 0.0667. The van der Waals surface area contributed by atoms with E-state index in [1.165, 1.54) is 12.1 Å². The summed E-state index contributed by atoms with van der Waals surface area (Å²) in [6.45, 7) is 0. The van der Waals surface area contributed by atoms with Gasteiger partial charge in [0, 0.05) is 5.56 Å². The van der Waals surface area contributed by atoms with Gasteiger partial charge in [-0.25, -0.2) is 9.37 Å². The smallest absolute Gasteiger partial charge is 0.181 e. The van der Waals surface area contributed by atoms with Crippen molar-refractivity contribution in [1.82, 2.24) is 15.2 Å². The Hall–Kier alpha value is -2.73. The highest BCUT2D eigenvalue weighted by Gasteiger charge is 2.15. The largest absolute Gasteiger partial charge is 0.508 e. The quantitative estimate of drug-likeness (QED) is 0.689. The number of benzene rings is 2. The summed E-state index contributed by atoms with van der Waals surface area (Å²) in [4.78, 5) is 4.32. The lowest BCUT2D eigenvalue weighted by Crippen LogP contribution is -2.13. The Morgan fingerprint density at radius 1 is 1.14 bits per heavy atom. The number of aromatic hydroxyl groups is 1. The Morgan fingerprint density at radius 2 is 1.90 bits per heavy atom. The summed E-state index contributed by atoms with van der Waals surface area (Å²) in [6.07, 6.45) is 0. The lowest BCUT2D eigenvalue weighted by atomic mass is 10.1. The molecule has 0 spiro atoms. The van der Waals surface area contributed by atoms with Crippen LogP contribution in [0.1, 0.15) is 17.4 Å². The Morgan fingerprint density at radius 3 is 2.62 bits per heavy atom. The van der Waals surface area contributed by atoms with Gasteiger partial charge in [-0.3, -0.25) is 5.10 Å². The molecular weight excluding hydrogens is 271 g/mol. The summed E-state index contributed by atoms with van der Waals surface area (Å²) in [6, 6.07) is 12.0. The second-order valence-corrected chi connectivity index (χ2v) is 4.62. The third-order valence-corrected chi connectivity index (χ3v) is 3.13. The van der Waals surface area contributed by atoms with Crippen molar-refractivity contribution in [2.75, 3.05) is 0 Å². The Labute approximate surface area is 120 Å². The topological polar surface area (TPSA) is 87.8 Å². The molecule has 2 aromatic carbocycles. The van der Waals surface area contributed by atoms with Gasteiger partial charge in [-0.05, 0) is 29.8 Å². The molecular formula is C15H13FN4O. The maximum Gasteiger partial charge on any atom is 0.181 e. The fourth-order valence-electron chi connectivity index (χ4n) is 2.02. The Bertz CT molecular complexity index is 754. The van der Waals surface area contributed by atoms with Crippen LogP contribution in [-0.2, 0) is 0 Å². The van der Waals surface area contributed by atoms with Crippen molar-refractivity contribution in [3.8, 4) is 17.1 Å². The van der Waals surface area contributed by atoms with Crippen LogP contribution in [-0.4, -0.2) is 20.3 Å². The summed E-state index contributed by atoms with van der Waals surface area (Å²) in [5, 5.41) is 16.3. The summed E-state index contributed by atoms with van der Waals surface area (Å²) < 4.78 is 12.9. The number of hydrogen-bond donors (Lipinski definition) is 3. The van der Waals surface area contributed by atoms with E-state index in [2.05, 4.69) is 15.2 Å². The minimum Gasteiger partial charge on any atom is -0.508 e. The number of phenols is 1. The van der Waals surface area contributed by atoms with Gasteiger partial charge in [0.1, 0.15) is 17.4 Å². The van der Waals surface area contributed by atoms with E-state index in [0.717, 1.165) is 5.56 Å². The SMILES string of the molecule is N[C@@H](c1ccc(F)cc1)c1nc(-c2cccc(O)c2)n[nH]1.